The van der Waals surface area contributed by atoms with Crippen molar-refractivity contribution in [3.63, 3.8) is 0 Å². The van der Waals surface area contributed by atoms with E-state index in [-0.39, 0.29) is 12.1 Å². The van der Waals surface area contributed by atoms with Gasteiger partial charge in [0, 0.05) is 5.69 Å². The molecule has 0 saturated carbocycles. The van der Waals surface area contributed by atoms with Crippen molar-refractivity contribution in [3.05, 3.63) is 53.0 Å². The van der Waals surface area contributed by atoms with E-state index in [0.717, 1.165) is 11.3 Å². The molecule has 6 heteroatoms. The monoisotopic (exact) mass is 316 g/mol. The Hall–Kier alpha value is -2.76. The lowest BCUT2D eigenvalue weighted by Crippen LogP contribution is -2.31. The third-order valence-corrected chi connectivity index (χ3v) is 3.43. The Kier molecular flexibility index (Phi) is 5.05. The number of ether oxygens (including phenoxy) is 1. The number of anilines is 1. The second-order valence-corrected chi connectivity index (χ2v) is 5.29. The van der Waals surface area contributed by atoms with Crippen molar-refractivity contribution in [2.45, 2.75) is 26.8 Å². The molecular weight excluding hydrogens is 296 g/mol. The largest absolute Gasteiger partial charge is 0.465 e. The Bertz CT molecular complexity index is 721. The van der Waals surface area contributed by atoms with Gasteiger partial charge in [-0.2, -0.15) is 0 Å². The van der Waals surface area contributed by atoms with Gasteiger partial charge < -0.3 is 19.8 Å². The van der Waals surface area contributed by atoms with Crippen molar-refractivity contribution < 1.29 is 18.7 Å². The van der Waals surface area contributed by atoms with E-state index in [1.165, 1.54) is 7.11 Å². The normalized spacial score (nSPS) is 11.7. The predicted octanol–water partition coefficient (Wildman–Crippen LogP) is 3.57. The van der Waals surface area contributed by atoms with Gasteiger partial charge in [-0.1, -0.05) is 0 Å². The van der Waals surface area contributed by atoms with Gasteiger partial charge in [0.1, 0.15) is 11.5 Å². The van der Waals surface area contributed by atoms with E-state index in [2.05, 4.69) is 15.4 Å². The van der Waals surface area contributed by atoms with Crippen LogP contribution in [0, 0.1) is 13.8 Å². The molecule has 1 aromatic heterocycles. The number of amides is 2. The van der Waals surface area contributed by atoms with Gasteiger partial charge >= 0.3 is 12.0 Å². The Labute approximate surface area is 134 Å². The van der Waals surface area contributed by atoms with Gasteiger partial charge in [-0.15, -0.1) is 0 Å². The molecule has 0 fully saturated rings. The van der Waals surface area contributed by atoms with Crippen molar-refractivity contribution in [1.82, 2.24) is 5.32 Å². The number of hydrogen-bond acceptors (Lipinski definition) is 4. The molecule has 1 unspecified atom stereocenters. The van der Waals surface area contributed by atoms with Crippen LogP contribution in [0.2, 0.25) is 0 Å². The molecule has 0 saturated heterocycles. The first-order valence-electron chi connectivity index (χ1n) is 7.23. The number of carbonyl (C=O) groups is 2. The third-order valence-electron chi connectivity index (χ3n) is 3.43. The Morgan fingerprint density at radius 3 is 2.48 bits per heavy atom. The van der Waals surface area contributed by atoms with Crippen LogP contribution >= 0.6 is 0 Å². The lowest BCUT2D eigenvalue weighted by molar-refractivity contribution is 0.0600. The summed E-state index contributed by atoms with van der Waals surface area (Å²) in [6.07, 6.45) is 0. The number of rotatable bonds is 4. The van der Waals surface area contributed by atoms with Crippen molar-refractivity contribution in [2.75, 3.05) is 12.4 Å². The maximum absolute atomic E-state index is 12.1. The number of nitrogens with one attached hydrogen (secondary N) is 2. The van der Waals surface area contributed by atoms with Crippen molar-refractivity contribution >= 4 is 17.7 Å². The highest BCUT2D eigenvalue weighted by Crippen LogP contribution is 2.19. The van der Waals surface area contributed by atoms with Gasteiger partial charge in [0.25, 0.3) is 0 Å². The number of methoxy groups -OCH3 is 1. The average molecular weight is 316 g/mol. The summed E-state index contributed by atoms with van der Waals surface area (Å²) in [6, 6.07) is 8.02. The number of carbonyl (C=O) groups excluding carboxylic acids is 2. The summed E-state index contributed by atoms with van der Waals surface area (Å²) in [6.45, 7) is 5.49. The first-order valence-corrected chi connectivity index (χ1v) is 7.23. The van der Waals surface area contributed by atoms with Crippen LogP contribution in [0.5, 0.6) is 0 Å². The molecule has 2 N–H and O–H groups in total. The third kappa shape index (κ3) is 4.12. The molecule has 23 heavy (non-hydrogen) atoms. The van der Waals surface area contributed by atoms with E-state index in [4.69, 9.17) is 4.42 Å². The molecule has 6 nitrogen and oxygen atoms in total. The minimum Gasteiger partial charge on any atom is -0.465 e. The lowest BCUT2D eigenvalue weighted by Gasteiger charge is -2.14. The Balaban J connectivity index is 2.01. The van der Waals surface area contributed by atoms with Crippen molar-refractivity contribution in [2.24, 2.45) is 0 Å². The minimum atomic E-state index is -0.411. The van der Waals surface area contributed by atoms with E-state index in [0.29, 0.717) is 17.0 Å². The highest BCUT2D eigenvalue weighted by molar-refractivity contribution is 5.93. The average Bonchev–Trinajstić information content (AvgIpc) is 2.95. The zero-order chi connectivity index (χ0) is 17.0. The smallest absolute Gasteiger partial charge is 0.337 e. The quantitative estimate of drug-likeness (QED) is 0.845. The van der Waals surface area contributed by atoms with E-state index in [9.17, 15) is 9.59 Å². The van der Waals surface area contributed by atoms with Gasteiger partial charge in [0.05, 0.1) is 18.7 Å². The van der Waals surface area contributed by atoms with Gasteiger partial charge in [-0.25, -0.2) is 9.59 Å². The van der Waals surface area contributed by atoms with Crippen LogP contribution in [0.1, 0.15) is 40.4 Å². The standard InChI is InChI=1S/C17H20N2O4/c1-10-9-13(16(20)22-4)6-7-14(10)19-17(21)18-12(3)15-8-5-11(2)23-15/h5-9,12H,1-4H3,(H2,18,19,21). The molecule has 122 valence electrons. The predicted molar refractivity (Wildman–Crippen MR) is 86.5 cm³/mol. The minimum absolute atomic E-state index is 0.252. The molecule has 0 aliphatic heterocycles. The molecule has 2 amide bonds. The topological polar surface area (TPSA) is 80.6 Å². The second-order valence-electron chi connectivity index (χ2n) is 5.29. The molecule has 1 aromatic carbocycles. The molecule has 2 rings (SSSR count). The number of hydrogen-bond donors (Lipinski definition) is 2. The number of aryl methyl sites for hydroxylation is 2. The highest BCUT2D eigenvalue weighted by Gasteiger charge is 2.14. The maximum atomic E-state index is 12.1. The SMILES string of the molecule is COC(=O)c1ccc(NC(=O)NC(C)c2ccc(C)o2)c(C)c1. The van der Waals surface area contributed by atoms with E-state index >= 15 is 0 Å². The lowest BCUT2D eigenvalue weighted by atomic mass is 10.1. The van der Waals surface area contributed by atoms with Crippen LogP contribution < -0.4 is 10.6 Å². The highest BCUT2D eigenvalue weighted by atomic mass is 16.5. The summed E-state index contributed by atoms with van der Waals surface area (Å²) < 4.78 is 10.1. The fourth-order valence-corrected chi connectivity index (χ4v) is 2.16. The molecular formula is C17H20N2O4. The maximum Gasteiger partial charge on any atom is 0.337 e. The molecule has 0 spiro atoms. The fourth-order valence-electron chi connectivity index (χ4n) is 2.16. The molecule has 1 heterocycles. The van der Waals surface area contributed by atoms with Crippen molar-refractivity contribution in [1.29, 1.82) is 0 Å². The number of urea groups is 1. The molecule has 0 bridgehead atoms. The molecule has 1 atom stereocenters. The Morgan fingerprint density at radius 1 is 1.17 bits per heavy atom. The number of furan rings is 1. The summed E-state index contributed by atoms with van der Waals surface area (Å²) in [5.74, 6) is 1.07. The Morgan fingerprint density at radius 2 is 1.91 bits per heavy atom. The zero-order valence-corrected chi connectivity index (χ0v) is 13.6. The summed E-state index contributed by atoms with van der Waals surface area (Å²) in [5, 5.41) is 5.56. The van der Waals surface area contributed by atoms with Crippen LogP contribution in [0.4, 0.5) is 10.5 Å². The molecule has 0 radical (unpaired) electrons. The van der Waals surface area contributed by atoms with Crippen molar-refractivity contribution in [3.8, 4) is 0 Å². The molecule has 2 aromatic rings. The van der Waals surface area contributed by atoms with E-state index in [1.54, 1.807) is 25.1 Å². The zero-order valence-electron chi connectivity index (χ0n) is 13.6. The summed E-state index contributed by atoms with van der Waals surface area (Å²) in [7, 11) is 1.33. The van der Waals surface area contributed by atoms with Crippen LogP contribution in [-0.2, 0) is 4.74 Å². The number of benzene rings is 1. The van der Waals surface area contributed by atoms with Gasteiger partial charge in [-0.3, -0.25) is 0 Å². The molecule has 0 aliphatic rings. The summed E-state index contributed by atoms with van der Waals surface area (Å²) in [4.78, 5) is 23.5. The molecule has 0 aliphatic carbocycles. The van der Waals surface area contributed by atoms with Crippen LogP contribution in [-0.4, -0.2) is 19.1 Å². The fraction of sp³-hybridized carbons (Fsp3) is 0.294. The van der Waals surface area contributed by atoms with Crippen LogP contribution in [0.15, 0.2) is 34.7 Å². The summed E-state index contributed by atoms with van der Waals surface area (Å²) in [5.41, 5.74) is 1.83. The van der Waals surface area contributed by atoms with Crippen LogP contribution in [0.3, 0.4) is 0 Å². The second kappa shape index (κ2) is 7.00. The van der Waals surface area contributed by atoms with E-state index < -0.39 is 5.97 Å². The van der Waals surface area contributed by atoms with E-state index in [1.807, 2.05) is 26.0 Å². The van der Waals surface area contributed by atoms with Gasteiger partial charge in [-0.05, 0) is 56.7 Å². The summed E-state index contributed by atoms with van der Waals surface area (Å²) >= 11 is 0. The van der Waals surface area contributed by atoms with Gasteiger partial charge in [0.15, 0.2) is 0 Å². The first-order chi connectivity index (χ1) is 10.9. The van der Waals surface area contributed by atoms with Crippen LogP contribution in [0.25, 0.3) is 0 Å². The first kappa shape index (κ1) is 16.6. The number of esters is 1. The van der Waals surface area contributed by atoms with Gasteiger partial charge in [0.2, 0.25) is 0 Å².